The molecule has 11 heteroatoms. The lowest BCUT2D eigenvalue weighted by atomic mass is 10.1. The summed E-state index contributed by atoms with van der Waals surface area (Å²) < 4.78 is 0. The highest BCUT2D eigenvalue weighted by Gasteiger charge is 2.31. The number of rotatable bonds is 6. The van der Waals surface area contributed by atoms with Gasteiger partial charge in [0.05, 0.1) is 11.6 Å². The number of benzene rings is 1. The van der Waals surface area contributed by atoms with Crippen LogP contribution in [-0.4, -0.2) is 65.8 Å². The van der Waals surface area contributed by atoms with E-state index in [0.29, 0.717) is 59.4 Å². The molecule has 2 heterocycles. The van der Waals surface area contributed by atoms with Gasteiger partial charge in [-0.25, -0.2) is 4.98 Å². The van der Waals surface area contributed by atoms with E-state index >= 15 is 0 Å². The predicted octanol–water partition coefficient (Wildman–Crippen LogP) is 2.97. The van der Waals surface area contributed by atoms with Crippen molar-refractivity contribution in [1.29, 1.82) is 0 Å². The maximum Gasteiger partial charge on any atom is 0.242 e. The fourth-order valence-corrected chi connectivity index (χ4v) is 4.17. The molecule has 2 aromatic rings. The second kappa shape index (κ2) is 10.1. The Morgan fingerprint density at radius 3 is 2.48 bits per heavy atom. The Morgan fingerprint density at radius 1 is 1.24 bits per heavy atom. The molecule has 0 aliphatic carbocycles. The summed E-state index contributed by atoms with van der Waals surface area (Å²) in [4.78, 5) is 29.6. The van der Waals surface area contributed by atoms with Gasteiger partial charge < -0.3 is 26.6 Å². The van der Waals surface area contributed by atoms with Gasteiger partial charge in [-0.05, 0) is 38.5 Å². The Morgan fingerprint density at radius 2 is 1.91 bits per heavy atom. The normalized spacial score (nSPS) is 15.7. The summed E-state index contributed by atoms with van der Waals surface area (Å²) in [7, 11) is 1.66. The Hall–Kier alpha value is -2.62. The summed E-state index contributed by atoms with van der Waals surface area (Å²) in [5.74, 6) is 0.917. The van der Waals surface area contributed by atoms with Crippen LogP contribution in [0.4, 0.5) is 17.5 Å². The largest absolute Gasteiger partial charge is 0.394 e. The number of aliphatic imine (C=N–C) groups is 1. The first kappa shape index (κ1) is 25.0. The van der Waals surface area contributed by atoms with Gasteiger partial charge in [-0.15, -0.1) is 0 Å². The van der Waals surface area contributed by atoms with Crippen molar-refractivity contribution in [2.75, 3.05) is 49.2 Å². The van der Waals surface area contributed by atoms with Crippen molar-refractivity contribution >= 4 is 52.8 Å². The van der Waals surface area contributed by atoms with Crippen LogP contribution in [0.3, 0.4) is 0 Å². The van der Waals surface area contributed by atoms with Gasteiger partial charge in [0.1, 0.15) is 11.4 Å². The number of amides is 1. The lowest BCUT2D eigenvalue weighted by Crippen LogP contribution is -2.57. The fourth-order valence-electron chi connectivity index (χ4n) is 3.60. The number of nitrogens with one attached hydrogen (secondary N) is 1. The van der Waals surface area contributed by atoms with E-state index in [9.17, 15) is 4.79 Å². The molecule has 1 saturated heterocycles. The highest BCUT2D eigenvalue weighted by atomic mass is 35.5. The van der Waals surface area contributed by atoms with Crippen LogP contribution in [0.5, 0.6) is 0 Å². The number of hydrogen-bond acceptors (Lipinski definition) is 8. The molecular formula is C22H30Cl2N8O. The Bertz CT molecular complexity index is 1050. The molecular weight excluding hydrogens is 463 g/mol. The summed E-state index contributed by atoms with van der Waals surface area (Å²) in [6.45, 7) is 7.61. The molecule has 1 amide bonds. The molecule has 3 rings (SSSR count). The molecule has 1 aromatic carbocycles. The van der Waals surface area contributed by atoms with Gasteiger partial charge in [0, 0.05) is 49.5 Å². The maximum atomic E-state index is 12.5. The van der Waals surface area contributed by atoms with Crippen molar-refractivity contribution in [2.45, 2.75) is 32.4 Å². The highest BCUT2D eigenvalue weighted by Crippen LogP contribution is 2.31. The summed E-state index contributed by atoms with van der Waals surface area (Å²) in [6.07, 6.45) is 1.60. The molecule has 1 aromatic heterocycles. The van der Waals surface area contributed by atoms with Crippen LogP contribution in [0.25, 0.3) is 0 Å². The molecule has 1 aliphatic heterocycles. The monoisotopic (exact) mass is 492 g/mol. The molecule has 0 saturated carbocycles. The van der Waals surface area contributed by atoms with Crippen molar-refractivity contribution in [3.05, 3.63) is 39.5 Å². The van der Waals surface area contributed by atoms with Crippen LogP contribution in [0.1, 0.15) is 38.1 Å². The van der Waals surface area contributed by atoms with Gasteiger partial charge in [-0.3, -0.25) is 9.79 Å². The van der Waals surface area contributed by atoms with Gasteiger partial charge in [-0.1, -0.05) is 29.3 Å². The van der Waals surface area contributed by atoms with Crippen LogP contribution in [0.15, 0.2) is 23.2 Å². The lowest BCUT2D eigenvalue weighted by Gasteiger charge is -2.37. The molecule has 0 unspecified atom stereocenters. The van der Waals surface area contributed by atoms with Gasteiger partial charge >= 0.3 is 0 Å². The second-order valence-electron chi connectivity index (χ2n) is 8.59. The Kier molecular flexibility index (Phi) is 7.66. The van der Waals surface area contributed by atoms with Gasteiger partial charge in [0.2, 0.25) is 11.9 Å². The van der Waals surface area contributed by atoms with E-state index in [1.165, 1.54) is 0 Å². The number of carbonyl (C=O) groups is 1. The Labute approximate surface area is 204 Å². The van der Waals surface area contributed by atoms with Crippen LogP contribution in [0.2, 0.25) is 10.0 Å². The van der Waals surface area contributed by atoms with E-state index in [1.807, 2.05) is 17.9 Å². The first-order valence-corrected chi connectivity index (χ1v) is 11.4. The Balaban J connectivity index is 1.85. The number of nitrogens with zero attached hydrogens (tertiary/aromatic N) is 5. The third-order valence-electron chi connectivity index (χ3n) is 5.40. The van der Waals surface area contributed by atoms with Crippen LogP contribution >= 0.6 is 23.2 Å². The number of anilines is 3. The molecule has 1 atom stereocenters. The quantitative estimate of drug-likeness (QED) is 0.529. The van der Waals surface area contributed by atoms with E-state index in [4.69, 9.17) is 34.7 Å². The molecule has 0 bridgehead atoms. The molecule has 1 fully saturated rings. The molecule has 5 N–H and O–H groups in total. The van der Waals surface area contributed by atoms with E-state index in [1.54, 1.807) is 44.1 Å². The third kappa shape index (κ3) is 5.85. The summed E-state index contributed by atoms with van der Waals surface area (Å²) in [5, 5.41) is 4.46. The minimum atomic E-state index is -0.902. The summed E-state index contributed by atoms with van der Waals surface area (Å²) in [5.41, 5.74) is 13.2. The van der Waals surface area contributed by atoms with E-state index in [-0.39, 0.29) is 11.9 Å². The molecule has 9 nitrogen and oxygen atoms in total. The molecule has 33 heavy (non-hydrogen) atoms. The van der Waals surface area contributed by atoms with Gasteiger partial charge in [-0.2, -0.15) is 4.98 Å². The summed E-state index contributed by atoms with van der Waals surface area (Å²) >= 11 is 12.4. The minimum Gasteiger partial charge on any atom is -0.394 e. The highest BCUT2D eigenvalue weighted by molar-refractivity contribution is 6.35. The number of halogens is 2. The second-order valence-corrected chi connectivity index (χ2v) is 9.43. The standard InChI is InChI=1S/C22H30Cl2N8O/c1-13(15-6-5-14(23)11-16(15)24)28-19-18(25)17(12-27-4)29-21(30-19)32-9-7-31(8-10-32)20(33)22(2,3)26/h5-6,11-13H,7-10,25-26H2,1-4H3,(H,28,29,30)/t13-/m1/s1. The predicted molar refractivity (Wildman–Crippen MR) is 136 cm³/mol. The zero-order valence-corrected chi connectivity index (χ0v) is 20.8. The van der Waals surface area contributed by atoms with Crippen molar-refractivity contribution in [3.8, 4) is 0 Å². The molecule has 178 valence electrons. The number of piperazine rings is 1. The van der Waals surface area contributed by atoms with Gasteiger partial charge in [0.15, 0.2) is 5.82 Å². The number of nitrogen functional groups attached to an aromatic ring is 1. The minimum absolute atomic E-state index is 0.0739. The molecule has 1 aliphatic rings. The number of carbonyl (C=O) groups excluding carboxylic acids is 1. The van der Waals surface area contributed by atoms with Crippen molar-refractivity contribution < 1.29 is 4.79 Å². The first-order chi connectivity index (χ1) is 15.5. The van der Waals surface area contributed by atoms with Crippen LogP contribution in [-0.2, 0) is 4.79 Å². The van der Waals surface area contributed by atoms with Crippen molar-refractivity contribution in [1.82, 2.24) is 14.9 Å². The van der Waals surface area contributed by atoms with Crippen molar-refractivity contribution in [3.63, 3.8) is 0 Å². The fraction of sp³-hybridized carbons (Fsp3) is 0.455. The van der Waals surface area contributed by atoms with Crippen LogP contribution < -0.4 is 21.7 Å². The first-order valence-electron chi connectivity index (χ1n) is 10.7. The van der Waals surface area contributed by atoms with E-state index in [2.05, 4.69) is 20.3 Å². The zero-order valence-electron chi connectivity index (χ0n) is 19.3. The number of aromatic nitrogens is 2. The van der Waals surface area contributed by atoms with E-state index in [0.717, 1.165) is 5.56 Å². The maximum absolute atomic E-state index is 12.5. The third-order valence-corrected chi connectivity index (χ3v) is 5.96. The SMILES string of the molecule is CN=Cc1nc(N2CCN(C(=O)C(C)(C)N)CC2)nc(N[C@H](C)c2ccc(Cl)cc2Cl)c1N. The topological polar surface area (TPSA) is 126 Å². The smallest absolute Gasteiger partial charge is 0.242 e. The molecule has 0 radical (unpaired) electrons. The van der Waals surface area contributed by atoms with Crippen LogP contribution in [0, 0.1) is 0 Å². The van der Waals surface area contributed by atoms with E-state index < -0.39 is 5.54 Å². The zero-order chi connectivity index (χ0) is 24.3. The average molecular weight is 493 g/mol. The lowest BCUT2D eigenvalue weighted by molar-refractivity contribution is -0.136. The number of nitrogens with two attached hydrogens (primary N) is 2. The van der Waals surface area contributed by atoms with Gasteiger partial charge in [0.25, 0.3) is 0 Å². The molecule has 0 spiro atoms. The number of hydrogen-bond donors (Lipinski definition) is 3. The summed E-state index contributed by atoms with van der Waals surface area (Å²) in [6, 6.07) is 5.16. The van der Waals surface area contributed by atoms with Crippen molar-refractivity contribution in [2.24, 2.45) is 10.7 Å². The average Bonchev–Trinajstić information content (AvgIpc) is 2.75.